The topological polar surface area (TPSA) is 119 Å². The summed E-state index contributed by atoms with van der Waals surface area (Å²) in [4.78, 5) is 10.9. The average molecular weight is 385 g/mol. The largest absolute Gasteiger partial charge is 0.760 e. The standard InChI is InChI=1S/C18H19N5.H3NO2S/c1-19-14-8-10-16(11-9-14)23(2)17-12-13-20-18(22-17)21-15-6-4-3-5-7-15;1-4(2)3/h3-13,19H,1-2H3,(H,20,21,22);1H2,(H,2,3)/p-1. The van der Waals surface area contributed by atoms with E-state index in [4.69, 9.17) is 8.76 Å². The lowest BCUT2D eigenvalue weighted by Crippen LogP contribution is -2.12. The van der Waals surface area contributed by atoms with Crippen LogP contribution >= 0.6 is 0 Å². The maximum atomic E-state index is 8.78. The van der Waals surface area contributed by atoms with E-state index in [0.717, 1.165) is 22.9 Å². The zero-order valence-electron chi connectivity index (χ0n) is 15.0. The number of hydrogen-bond acceptors (Lipinski definition) is 7. The first-order valence-corrected chi connectivity index (χ1v) is 9.13. The fourth-order valence-corrected chi connectivity index (χ4v) is 2.23. The number of hydrogen-bond donors (Lipinski definition) is 3. The number of benzene rings is 2. The zero-order chi connectivity index (χ0) is 19.6. The first kappa shape index (κ1) is 20.3. The summed E-state index contributed by atoms with van der Waals surface area (Å²) < 4.78 is 17.6. The molecule has 0 fully saturated rings. The molecule has 0 saturated heterocycles. The maximum absolute atomic E-state index is 8.78. The Labute approximate surface area is 160 Å². The van der Waals surface area contributed by atoms with Crippen LogP contribution in [-0.4, -0.2) is 32.8 Å². The van der Waals surface area contributed by atoms with Gasteiger partial charge in [-0.1, -0.05) is 18.2 Å². The van der Waals surface area contributed by atoms with E-state index in [-0.39, 0.29) is 0 Å². The Morgan fingerprint density at radius 3 is 2.26 bits per heavy atom. The molecule has 3 rings (SSSR count). The van der Waals surface area contributed by atoms with Crippen LogP contribution < -0.4 is 20.7 Å². The van der Waals surface area contributed by atoms with Gasteiger partial charge < -0.3 is 20.1 Å². The van der Waals surface area contributed by atoms with E-state index in [1.807, 2.05) is 67.5 Å². The van der Waals surface area contributed by atoms with Crippen LogP contribution in [-0.2, 0) is 11.3 Å². The SMILES string of the molecule is CNc1ccc(N(C)c2ccnc(Nc3ccccc3)n2)cc1.NS(=O)[O-]. The fourth-order valence-electron chi connectivity index (χ4n) is 2.23. The molecule has 0 aliphatic carbocycles. The maximum Gasteiger partial charge on any atom is 0.229 e. The van der Waals surface area contributed by atoms with Crippen molar-refractivity contribution >= 4 is 40.1 Å². The van der Waals surface area contributed by atoms with Crippen LogP contribution in [0.2, 0.25) is 0 Å². The van der Waals surface area contributed by atoms with Gasteiger partial charge in [-0.2, -0.15) is 4.98 Å². The highest BCUT2D eigenvalue weighted by Gasteiger charge is 2.07. The molecule has 0 radical (unpaired) electrons. The van der Waals surface area contributed by atoms with Crippen molar-refractivity contribution < 1.29 is 8.76 Å². The number of rotatable bonds is 5. The number of anilines is 5. The lowest BCUT2D eigenvalue weighted by Gasteiger charge is -2.19. The van der Waals surface area contributed by atoms with Crippen molar-refractivity contribution in [1.29, 1.82) is 0 Å². The summed E-state index contributed by atoms with van der Waals surface area (Å²) in [6, 6.07) is 20.0. The van der Waals surface area contributed by atoms with Gasteiger partial charge in [-0.05, 0) is 42.5 Å². The van der Waals surface area contributed by atoms with Crippen molar-refractivity contribution in [2.75, 3.05) is 29.6 Å². The van der Waals surface area contributed by atoms with Crippen LogP contribution in [0.25, 0.3) is 0 Å². The van der Waals surface area contributed by atoms with Crippen molar-refractivity contribution in [3.05, 3.63) is 66.9 Å². The zero-order valence-corrected chi connectivity index (χ0v) is 15.8. The third-order valence-electron chi connectivity index (χ3n) is 3.56. The molecule has 1 aromatic heterocycles. The van der Waals surface area contributed by atoms with Crippen LogP contribution in [0.15, 0.2) is 66.9 Å². The molecule has 4 N–H and O–H groups in total. The Balaban J connectivity index is 0.000000596. The molecule has 1 heterocycles. The molecule has 3 aromatic rings. The van der Waals surface area contributed by atoms with E-state index in [2.05, 4.69) is 37.9 Å². The number of nitrogens with one attached hydrogen (secondary N) is 2. The van der Waals surface area contributed by atoms with Gasteiger partial charge in [-0.3, -0.25) is 9.35 Å². The molecule has 0 spiro atoms. The molecule has 1 unspecified atom stereocenters. The third-order valence-corrected chi connectivity index (χ3v) is 3.56. The molecule has 9 heteroatoms. The predicted molar refractivity (Wildman–Crippen MR) is 109 cm³/mol. The van der Waals surface area contributed by atoms with Crippen molar-refractivity contribution in [2.24, 2.45) is 5.14 Å². The molecule has 1 atom stereocenters. The minimum absolute atomic E-state index is 0.576. The van der Waals surface area contributed by atoms with Crippen LogP contribution in [0.1, 0.15) is 0 Å². The average Bonchev–Trinajstić information content (AvgIpc) is 2.68. The first-order valence-electron chi connectivity index (χ1n) is 8.00. The second kappa shape index (κ2) is 10.2. The van der Waals surface area contributed by atoms with Crippen LogP contribution in [0.5, 0.6) is 0 Å². The monoisotopic (exact) mass is 385 g/mol. The molecule has 0 amide bonds. The highest BCUT2D eigenvalue weighted by Crippen LogP contribution is 2.24. The van der Waals surface area contributed by atoms with E-state index in [1.54, 1.807) is 6.20 Å². The van der Waals surface area contributed by atoms with Crippen molar-refractivity contribution in [3.63, 3.8) is 0 Å². The number of para-hydroxylation sites is 1. The summed E-state index contributed by atoms with van der Waals surface area (Å²) in [5.41, 5.74) is 3.11. The second-order valence-electron chi connectivity index (χ2n) is 5.35. The summed E-state index contributed by atoms with van der Waals surface area (Å²) in [7, 11) is 3.90. The lowest BCUT2D eigenvalue weighted by molar-refractivity contribution is 0.539. The van der Waals surface area contributed by atoms with E-state index < -0.39 is 11.3 Å². The smallest absolute Gasteiger partial charge is 0.229 e. The molecular formula is C18H21N6O2S-. The van der Waals surface area contributed by atoms with Gasteiger partial charge in [0.2, 0.25) is 5.95 Å². The van der Waals surface area contributed by atoms with Crippen LogP contribution in [0.4, 0.5) is 28.8 Å². The van der Waals surface area contributed by atoms with Crippen molar-refractivity contribution in [2.45, 2.75) is 0 Å². The van der Waals surface area contributed by atoms with Crippen LogP contribution in [0.3, 0.4) is 0 Å². The molecule has 8 nitrogen and oxygen atoms in total. The Morgan fingerprint density at radius 1 is 1.04 bits per heavy atom. The van der Waals surface area contributed by atoms with E-state index in [0.29, 0.717) is 5.95 Å². The highest BCUT2D eigenvalue weighted by atomic mass is 32.2. The molecule has 27 heavy (non-hydrogen) atoms. The second-order valence-corrected chi connectivity index (χ2v) is 5.87. The Hall–Kier alpha value is -3.01. The molecule has 0 aliphatic heterocycles. The van der Waals surface area contributed by atoms with Crippen molar-refractivity contribution in [1.82, 2.24) is 9.97 Å². The summed E-state index contributed by atoms with van der Waals surface area (Å²) >= 11 is -2.36. The van der Waals surface area contributed by atoms with Gasteiger partial charge in [0.1, 0.15) is 5.82 Å². The van der Waals surface area contributed by atoms with Gasteiger partial charge in [0.25, 0.3) is 0 Å². The van der Waals surface area contributed by atoms with E-state index in [9.17, 15) is 0 Å². The number of nitrogens with two attached hydrogens (primary N) is 1. The van der Waals surface area contributed by atoms with Crippen molar-refractivity contribution in [3.8, 4) is 0 Å². The third kappa shape index (κ3) is 6.66. The Kier molecular flexibility index (Phi) is 7.68. The normalized spacial score (nSPS) is 11.0. The summed E-state index contributed by atoms with van der Waals surface area (Å²) in [6.45, 7) is 0. The first-order chi connectivity index (χ1) is 13.0. The fraction of sp³-hybridized carbons (Fsp3) is 0.111. The molecule has 2 aromatic carbocycles. The van der Waals surface area contributed by atoms with Gasteiger partial charge >= 0.3 is 0 Å². The quantitative estimate of drug-likeness (QED) is 0.578. The van der Waals surface area contributed by atoms with E-state index in [1.165, 1.54) is 0 Å². The highest BCUT2D eigenvalue weighted by molar-refractivity contribution is 7.76. The van der Waals surface area contributed by atoms with E-state index >= 15 is 0 Å². The van der Waals surface area contributed by atoms with Gasteiger partial charge in [0, 0.05) is 48.6 Å². The van der Waals surface area contributed by atoms with Gasteiger partial charge in [-0.25, -0.2) is 4.98 Å². The predicted octanol–water partition coefficient (Wildman–Crippen LogP) is 2.77. The van der Waals surface area contributed by atoms with Crippen LogP contribution in [0, 0.1) is 0 Å². The lowest BCUT2D eigenvalue weighted by atomic mass is 10.2. The summed E-state index contributed by atoms with van der Waals surface area (Å²) in [6.07, 6.45) is 1.76. The molecule has 0 bridgehead atoms. The Bertz CT molecular complexity index is 857. The van der Waals surface area contributed by atoms with Gasteiger partial charge in [0.15, 0.2) is 0 Å². The minimum Gasteiger partial charge on any atom is -0.760 e. The minimum atomic E-state index is -2.36. The summed E-state index contributed by atoms with van der Waals surface area (Å²) in [5.74, 6) is 1.41. The van der Waals surface area contributed by atoms with Gasteiger partial charge in [-0.15, -0.1) is 0 Å². The number of nitrogens with zero attached hydrogens (tertiary/aromatic N) is 3. The molecule has 142 valence electrons. The Morgan fingerprint density at radius 2 is 1.67 bits per heavy atom. The summed E-state index contributed by atoms with van der Waals surface area (Å²) in [5, 5.41) is 10.4. The molecule has 0 saturated carbocycles. The molecular weight excluding hydrogens is 364 g/mol. The molecule has 0 aliphatic rings. The van der Waals surface area contributed by atoms with Gasteiger partial charge in [0.05, 0.1) is 0 Å². The number of aromatic nitrogens is 2.